The second-order valence-electron chi connectivity index (χ2n) is 3.46. The zero-order valence-electron chi connectivity index (χ0n) is 9.03. The molecule has 84 valence electrons. The first-order valence-electron chi connectivity index (χ1n) is 5.12. The van der Waals surface area contributed by atoms with E-state index in [1.807, 2.05) is 6.92 Å². The summed E-state index contributed by atoms with van der Waals surface area (Å²) in [5, 5.41) is 6.95. The molecule has 1 rings (SSSR count). The highest BCUT2D eigenvalue weighted by Crippen LogP contribution is 2.11. The Balaban J connectivity index is 2.46. The van der Waals surface area contributed by atoms with Gasteiger partial charge in [0.05, 0.1) is 10.7 Å². The van der Waals surface area contributed by atoms with Crippen LogP contribution in [0.5, 0.6) is 0 Å². The van der Waals surface area contributed by atoms with Crippen molar-refractivity contribution >= 4 is 21.8 Å². The molecule has 1 heterocycles. The Morgan fingerprint density at radius 3 is 3.00 bits per heavy atom. The molecule has 1 atom stereocenters. The largest absolute Gasteiger partial charge is 0.354 e. The molecule has 0 bridgehead atoms. The van der Waals surface area contributed by atoms with Crippen molar-refractivity contribution in [3.05, 3.63) is 16.9 Å². The zero-order chi connectivity index (χ0) is 11.3. The van der Waals surface area contributed by atoms with Crippen molar-refractivity contribution in [1.82, 2.24) is 15.1 Å². The van der Waals surface area contributed by atoms with Gasteiger partial charge in [-0.05, 0) is 29.3 Å². The molecule has 0 aliphatic rings. The maximum absolute atomic E-state index is 11.6. The van der Waals surface area contributed by atoms with Crippen LogP contribution in [0.2, 0.25) is 0 Å². The van der Waals surface area contributed by atoms with Crippen molar-refractivity contribution in [1.29, 1.82) is 0 Å². The number of carbonyl (C=O) groups excluding carboxylic acids is 1. The van der Waals surface area contributed by atoms with Gasteiger partial charge in [-0.15, -0.1) is 0 Å². The van der Waals surface area contributed by atoms with Crippen LogP contribution in [0.1, 0.15) is 32.7 Å². The Bertz CT molecular complexity index is 324. The monoisotopic (exact) mass is 273 g/mol. The summed E-state index contributed by atoms with van der Waals surface area (Å²) in [5.41, 5.74) is 0. The molecule has 0 unspecified atom stereocenters. The molecule has 0 saturated heterocycles. The Kier molecular flexibility index (Phi) is 4.81. The third-order valence-electron chi connectivity index (χ3n) is 2.18. The average molecular weight is 274 g/mol. The van der Waals surface area contributed by atoms with Crippen LogP contribution in [0.4, 0.5) is 0 Å². The minimum atomic E-state index is -0.256. The number of unbranched alkanes of at least 4 members (excludes halogenated alkanes) is 1. The number of nitrogens with zero attached hydrogens (tertiary/aromatic N) is 2. The normalized spacial score (nSPS) is 12.5. The van der Waals surface area contributed by atoms with Crippen molar-refractivity contribution in [2.45, 2.75) is 32.7 Å². The summed E-state index contributed by atoms with van der Waals surface area (Å²) in [5.74, 6) is 0.0130. The van der Waals surface area contributed by atoms with Crippen LogP contribution in [0.3, 0.4) is 0 Å². The summed E-state index contributed by atoms with van der Waals surface area (Å²) >= 11 is 3.30. The van der Waals surface area contributed by atoms with Gasteiger partial charge < -0.3 is 5.32 Å². The van der Waals surface area contributed by atoms with Crippen LogP contribution in [0.15, 0.2) is 16.9 Å². The zero-order valence-corrected chi connectivity index (χ0v) is 10.6. The number of nitrogens with one attached hydrogen (secondary N) is 1. The maximum atomic E-state index is 11.6. The lowest BCUT2D eigenvalue weighted by molar-refractivity contribution is -0.124. The molecule has 0 aromatic carbocycles. The molecule has 1 N–H and O–H groups in total. The third kappa shape index (κ3) is 3.66. The van der Waals surface area contributed by atoms with Crippen LogP contribution in [0, 0.1) is 0 Å². The summed E-state index contributed by atoms with van der Waals surface area (Å²) in [6.07, 6.45) is 5.57. The predicted molar refractivity (Wildman–Crippen MR) is 62.6 cm³/mol. The minimum absolute atomic E-state index is 0.0130. The highest BCUT2D eigenvalue weighted by Gasteiger charge is 2.14. The number of halogens is 1. The number of hydrogen-bond donors (Lipinski definition) is 1. The molecule has 0 radical (unpaired) electrons. The fourth-order valence-electron chi connectivity index (χ4n) is 1.18. The summed E-state index contributed by atoms with van der Waals surface area (Å²) < 4.78 is 2.53. The molecular formula is C10H16BrN3O. The summed E-state index contributed by atoms with van der Waals surface area (Å²) in [7, 11) is 0. The number of hydrogen-bond acceptors (Lipinski definition) is 2. The van der Waals surface area contributed by atoms with Crippen molar-refractivity contribution in [2.75, 3.05) is 6.54 Å². The average Bonchev–Trinajstić information content (AvgIpc) is 2.64. The fourth-order valence-corrected chi connectivity index (χ4v) is 1.48. The first-order chi connectivity index (χ1) is 7.15. The molecular weight excluding hydrogens is 258 g/mol. The van der Waals surface area contributed by atoms with E-state index in [9.17, 15) is 4.79 Å². The summed E-state index contributed by atoms with van der Waals surface area (Å²) in [6.45, 7) is 4.67. The van der Waals surface area contributed by atoms with Crippen molar-refractivity contribution in [3.63, 3.8) is 0 Å². The van der Waals surface area contributed by atoms with Crippen molar-refractivity contribution in [3.8, 4) is 0 Å². The van der Waals surface area contributed by atoms with Gasteiger partial charge in [0.25, 0.3) is 0 Å². The topological polar surface area (TPSA) is 46.9 Å². The first-order valence-corrected chi connectivity index (χ1v) is 5.91. The van der Waals surface area contributed by atoms with Crippen LogP contribution in [-0.4, -0.2) is 22.2 Å². The quantitative estimate of drug-likeness (QED) is 0.836. The number of rotatable bonds is 5. The van der Waals surface area contributed by atoms with Gasteiger partial charge in [0.1, 0.15) is 6.04 Å². The molecule has 5 heteroatoms. The van der Waals surface area contributed by atoms with Gasteiger partial charge in [-0.25, -0.2) is 0 Å². The van der Waals surface area contributed by atoms with E-state index in [-0.39, 0.29) is 11.9 Å². The molecule has 0 fully saturated rings. The van der Waals surface area contributed by atoms with E-state index in [2.05, 4.69) is 33.3 Å². The Hall–Kier alpha value is -0.840. The molecule has 15 heavy (non-hydrogen) atoms. The van der Waals surface area contributed by atoms with Gasteiger partial charge >= 0.3 is 0 Å². The summed E-state index contributed by atoms with van der Waals surface area (Å²) in [4.78, 5) is 11.6. The van der Waals surface area contributed by atoms with Gasteiger partial charge in [0.2, 0.25) is 5.91 Å². The molecule has 1 amide bonds. The second-order valence-corrected chi connectivity index (χ2v) is 4.37. The van der Waals surface area contributed by atoms with Gasteiger partial charge in [-0.3, -0.25) is 9.48 Å². The molecule has 1 aromatic rings. The maximum Gasteiger partial charge on any atom is 0.244 e. The van der Waals surface area contributed by atoms with Crippen molar-refractivity contribution < 1.29 is 4.79 Å². The lowest BCUT2D eigenvalue weighted by atomic mass is 10.3. The summed E-state index contributed by atoms with van der Waals surface area (Å²) in [6, 6.07) is -0.256. The van der Waals surface area contributed by atoms with Gasteiger partial charge in [0.15, 0.2) is 0 Å². The van der Waals surface area contributed by atoms with Crippen LogP contribution < -0.4 is 5.32 Å². The minimum Gasteiger partial charge on any atom is -0.354 e. The fraction of sp³-hybridized carbons (Fsp3) is 0.600. The van der Waals surface area contributed by atoms with Gasteiger partial charge in [-0.2, -0.15) is 5.10 Å². The lowest BCUT2D eigenvalue weighted by Gasteiger charge is -2.12. The Morgan fingerprint density at radius 1 is 1.73 bits per heavy atom. The Morgan fingerprint density at radius 2 is 2.47 bits per heavy atom. The van der Waals surface area contributed by atoms with Crippen LogP contribution >= 0.6 is 15.9 Å². The molecule has 0 spiro atoms. The Labute approximate surface area is 98.2 Å². The second kappa shape index (κ2) is 5.90. The highest BCUT2D eigenvalue weighted by molar-refractivity contribution is 9.10. The van der Waals surface area contributed by atoms with E-state index in [0.717, 1.165) is 23.9 Å². The molecule has 0 aliphatic carbocycles. The molecule has 0 saturated carbocycles. The number of amides is 1. The standard InChI is InChI=1S/C10H16BrN3O/c1-3-4-5-12-10(15)8(2)14-7-9(11)6-13-14/h6-8H,3-5H2,1-2H3,(H,12,15)/t8-/m0/s1. The number of carbonyl (C=O) groups is 1. The van der Waals surface area contributed by atoms with E-state index < -0.39 is 0 Å². The smallest absolute Gasteiger partial charge is 0.244 e. The molecule has 0 aliphatic heterocycles. The molecule has 4 nitrogen and oxygen atoms in total. The predicted octanol–water partition coefficient (Wildman–Crippen LogP) is 2.12. The van der Waals surface area contributed by atoms with E-state index in [4.69, 9.17) is 0 Å². The van der Waals surface area contributed by atoms with Gasteiger partial charge in [-0.1, -0.05) is 13.3 Å². The van der Waals surface area contributed by atoms with Crippen molar-refractivity contribution in [2.24, 2.45) is 0 Å². The number of aromatic nitrogens is 2. The highest BCUT2D eigenvalue weighted by atomic mass is 79.9. The first kappa shape index (κ1) is 12.2. The van der Waals surface area contributed by atoms with E-state index in [1.165, 1.54) is 0 Å². The van der Waals surface area contributed by atoms with E-state index >= 15 is 0 Å². The van der Waals surface area contributed by atoms with E-state index in [1.54, 1.807) is 17.1 Å². The molecule has 1 aromatic heterocycles. The lowest BCUT2D eigenvalue weighted by Crippen LogP contribution is -2.31. The van der Waals surface area contributed by atoms with Crippen LogP contribution in [0.25, 0.3) is 0 Å². The van der Waals surface area contributed by atoms with Crippen LogP contribution in [-0.2, 0) is 4.79 Å². The van der Waals surface area contributed by atoms with E-state index in [0.29, 0.717) is 0 Å². The SMILES string of the molecule is CCCCNC(=O)[C@H](C)n1cc(Br)cn1. The third-order valence-corrected chi connectivity index (χ3v) is 2.59. The van der Waals surface area contributed by atoms with Gasteiger partial charge in [0, 0.05) is 12.7 Å².